The molecule has 2 aromatic carbocycles. The number of halogens is 8. The smallest absolute Gasteiger partial charge is 0.187 e. The number of azide groups is 2. The molecule has 2 aromatic rings. The van der Waals surface area contributed by atoms with Crippen LogP contribution in [0.15, 0.2) is 21.4 Å². The predicted octanol–water partition coefficient (Wildman–Crippen LogP) is 6.32. The van der Waals surface area contributed by atoms with Gasteiger partial charge in [-0.05, 0) is 23.2 Å². The van der Waals surface area contributed by atoms with Crippen molar-refractivity contribution in [3.05, 3.63) is 89.7 Å². The van der Waals surface area contributed by atoms with E-state index in [0.717, 1.165) is 0 Å². The molecular weight excluding hydrogens is 494 g/mol. The van der Waals surface area contributed by atoms with Gasteiger partial charge in [-0.15, -0.1) is 0 Å². The first kappa shape index (κ1) is 25.2. The number of Topliss-reactive ketones (excluding diaryl/α,β-unsaturated/α-hetero) is 1. The molecule has 0 aliphatic carbocycles. The zero-order valence-electron chi connectivity index (χ0n) is 16.7. The van der Waals surface area contributed by atoms with E-state index in [0.29, 0.717) is 12.2 Å². The quantitative estimate of drug-likeness (QED) is 0.131. The molecule has 1 N–H and O–H groups in total. The molecule has 8 nitrogen and oxygen atoms in total. The molecule has 3 rings (SSSR count). The van der Waals surface area contributed by atoms with Crippen LogP contribution in [0.3, 0.4) is 0 Å². The summed E-state index contributed by atoms with van der Waals surface area (Å²) < 4.78 is 113. The summed E-state index contributed by atoms with van der Waals surface area (Å²) in [5, 5.41) is 7.54. The Hall–Kier alpha value is -4.39. The van der Waals surface area contributed by atoms with E-state index < -0.39 is 99.1 Å². The molecule has 1 saturated heterocycles. The fraction of sp³-hybridized carbons (Fsp3) is 0.105. The molecule has 0 aromatic heterocycles. The number of piperidine rings is 1. The molecule has 180 valence electrons. The fourth-order valence-electron chi connectivity index (χ4n) is 3.07. The number of nitrogens with one attached hydrogen (secondary N) is 1. The molecule has 1 heterocycles. The van der Waals surface area contributed by atoms with Gasteiger partial charge < -0.3 is 5.32 Å². The Morgan fingerprint density at radius 3 is 1.23 bits per heavy atom. The maximum Gasteiger partial charge on any atom is 0.187 e. The minimum atomic E-state index is -2.05. The van der Waals surface area contributed by atoms with E-state index in [1.54, 1.807) is 0 Å². The van der Waals surface area contributed by atoms with Crippen molar-refractivity contribution in [2.45, 2.75) is 0 Å². The highest BCUT2D eigenvalue weighted by atomic mass is 19.2. The number of nitrogens with zero attached hydrogens (tertiary/aromatic N) is 6. The van der Waals surface area contributed by atoms with Gasteiger partial charge >= 0.3 is 0 Å². The third-order valence-electron chi connectivity index (χ3n) is 4.69. The van der Waals surface area contributed by atoms with Gasteiger partial charge in [0, 0.05) is 34.1 Å². The highest BCUT2D eigenvalue weighted by Gasteiger charge is 2.29. The molecule has 0 saturated carbocycles. The van der Waals surface area contributed by atoms with Gasteiger partial charge in [-0.3, -0.25) is 4.79 Å². The molecule has 0 spiro atoms. The van der Waals surface area contributed by atoms with Crippen LogP contribution in [0.25, 0.3) is 33.0 Å². The van der Waals surface area contributed by atoms with Crippen molar-refractivity contribution in [3.8, 4) is 0 Å². The van der Waals surface area contributed by atoms with Gasteiger partial charge in [-0.1, -0.05) is 10.2 Å². The predicted molar refractivity (Wildman–Crippen MR) is 104 cm³/mol. The normalized spacial score (nSPS) is 15.8. The zero-order chi connectivity index (χ0) is 26.0. The lowest BCUT2D eigenvalue weighted by molar-refractivity contribution is -0.112. The van der Waals surface area contributed by atoms with Crippen LogP contribution >= 0.6 is 0 Å². The minimum absolute atomic E-state index is 0.400. The van der Waals surface area contributed by atoms with E-state index in [9.17, 15) is 39.9 Å². The molecule has 1 fully saturated rings. The van der Waals surface area contributed by atoms with Crippen molar-refractivity contribution in [1.82, 2.24) is 5.32 Å². The van der Waals surface area contributed by atoms with Gasteiger partial charge in [0.15, 0.2) is 52.3 Å². The Morgan fingerprint density at radius 1 is 0.629 bits per heavy atom. The molecule has 1 aliphatic heterocycles. The summed E-state index contributed by atoms with van der Waals surface area (Å²) in [4.78, 5) is 16.8. The van der Waals surface area contributed by atoms with Crippen LogP contribution in [-0.2, 0) is 4.79 Å². The second-order valence-corrected chi connectivity index (χ2v) is 6.69. The molecule has 35 heavy (non-hydrogen) atoms. The number of carbonyl (C=O) groups is 1. The van der Waals surface area contributed by atoms with Crippen LogP contribution in [-0.4, -0.2) is 18.9 Å². The summed E-state index contributed by atoms with van der Waals surface area (Å²) in [5.74, 6) is -17.3. The molecule has 0 atom stereocenters. The standard InChI is InChI=1S/C19H7F8N7O/c20-9-7(10(21)14(25)17(13(9)24)31-33-28)1-5-3-30-4-6(19(5)35)2-8-11(22)15(26)18(32-34-29)16(27)12(8)23/h1-2,30H,3-4H2/b5-1+,6-2+. The number of ketones is 1. The molecule has 1 aliphatic rings. The lowest BCUT2D eigenvalue weighted by Gasteiger charge is -2.19. The second-order valence-electron chi connectivity index (χ2n) is 6.69. The zero-order valence-corrected chi connectivity index (χ0v) is 16.7. The van der Waals surface area contributed by atoms with E-state index in [-0.39, 0.29) is 0 Å². The van der Waals surface area contributed by atoms with Crippen LogP contribution < -0.4 is 5.32 Å². The maximum absolute atomic E-state index is 14.3. The highest BCUT2D eigenvalue weighted by Crippen LogP contribution is 2.34. The van der Waals surface area contributed by atoms with E-state index >= 15 is 0 Å². The van der Waals surface area contributed by atoms with Crippen LogP contribution in [0.5, 0.6) is 0 Å². The van der Waals surface area contributed by atoms with Crippen molar-refractivity contribution in [2.75, 3.05) is 13.1 Å². The lowest BCUT2D eigenvalue weighted by Crippen LogP contribution is -2.33. The fourth-order valence-corrected chi connectivity index (χ4v) is 3.07. The summed E-state index contributed by atoms with van der Waals surface area (Å²) in [6.07, 6.45) is 0.801. The molecule has 16 heteroatoms. The topological polar surface area (TPSA) is 127 Å². The van der Waals surface area contributed by atoms with Crippen molar-refractivity contribution in [1.29, 1.82) is 0 Å². The average Bonchev–Trinajstić information content (AvgIpc) is 2.84. The summed E-state index contributed by atoms with van der Waals surface area (Å²) in [5.41, 5.74) is 9.53. The van der Waals surface area contributed by atoms with Crippen molar-refractivity contribution >= 4 is 29.3 Å². The maximum atomic E-state index is 14.3. The van der Waals surface area contributed by atoms with Gasteiger partial charge in [0.25, 0.3) is 0 Å². The van der Waals surface area contributed by atoms with Crippen LogP contribution in [0.1, 0.15) is 11.1 Å². The first-order valence-corrected chi connectivity index (χ1v) is 9.03. The molecular formula is C19H7F8N7O. The largest absolute Gasteiger partial charge is 0.308 e. The van der Waals surface area contributed by atoms with Crippen LogP contribution in [0.4, 0.5) is 46.5 Å². The number of hydrogen-bond donors (Lipinski definition) is 1. The third kappa shape index (κ3) is 4.40. The van der Waals surface area contributed by atoms with Crippen LogP contribution in [0.2, 0.25) is 0 Å². The minimum Gasteiger partial charge on any atom is -0.308 e. The Bertz CT molecular complexity index is 1280. The van der Waals surface area contributed by atoms with Gasteiger partial charge in [0.1, 0.15) is 11.4 Å². The number of carbonyl (C=O) groups excluding carboxylic acids is 1. The third-order valence-corrected chi connectivity index (χ3v) is 4.69. The van der Waals surface area contributed by atoms with E-state index in [1.165, 1.54) is 0 Å². The van der Waals surface area contributed by atoms with Gasteiger partial charge in [-0.25, -0.2) is 35.1 Å². The Kier molecular flexibility index (Phi) is 7.10. The lowest BCUT2D eigenvalue weighted by atomic mass is 9.94. The van der Waals surface area contributed by atoms with E-state index in [2.05, 4.69) is 15.5 Å². The molecule has 0 unspecified atom stereocenters. The number of hydrogen-bond acceptors (Lipinski definition) is 4. The Morgan fingerprint density at radius 2 is 0.943 bits per heavy atom. The summed E-state index contributed by atoms with van der Waals surface area (Å²) in [7, 11) is 0. The number of benzene rings is 2. The monoisotopic (exact) mass is 501 g/mol. The van der Waals surface area contributed by atoms with Gasteiger partial charge in [0.2, 0.25) is 0 Å². The van der Waals surface area contributed by atoms with Gasteiger partial charge in [-0.2, -0.15) is 0 Å². The summed E-state index contributed by atoms with van der Waals surface area (Å²) in [6, 6.07) is 0. The molecule has 0 bridgehead atoms. The van der Waals surface area contributed by atoms with Crippen molar-refractivity contribution in [3.63, 3.8) is 0 Å². The Balaban J connectivity index is 2.13. The second kappa shape index (κ2) is 9.85. The van der Waals surface area contributed by atoms with Crippen molar-refractivity contribution < 1.29 is 39.9 Å². The first-order chi connectivity index (χ1) is 16.5. The molecule has 0 amide bonds. The van der Waals surface area contributed by atoms with Crippen LogP contribution in [0, 0.1) is 46.5 Å². The average molecular weight is 501 g/mol. The van der Waals surface area contributed by atoms with E-state index in [4.69, 9.17) is 11.1 Å². The Labute approximate surface area is 188 Å². The highest BCUT2D eigenvalue weighted by molar-refractivity contribution is 6.14. The van der Waals surface area contributed by atoms with Gasteiger partial charge in [0.05, 0.1) is 11.1 Å². The molecule has 0 radical (unpaired) electrons. The first-order valence-electron chi connectivity index (χ1n) is 9.03. The SMILES string of the molecule is [N-]=[N+]=Nc1c(F)c(F)c(/C=C2\CNC/C(=C\c3c(F)c(F)c(N=[N+]=[N-])c(F)c3F)C2=O)c(F)c1F. The van der Waals surface area contributed by atoms with Crippen molar-refractivity contribution in [2.24, 2.45) is 10.2 Å². The number of rotatable bonds is 4. The summed E-state index contributed by atoms with van der Waals surface area (Å²) >= 11 is 0. The van der Waals surface area contributed by atoms with E-state index in [1.807, 2.05) is 9.82 Å². The summed E-state index contributed by atoms with van der Waals surface area (Å²) in [6.45, 7) is -0.861.